The maximum Gasteiger partial charge on any atom is 0.305 e. The third kappa shape index (κ3) is 4.07. The molecule has 17 heavy (non-hydrogen) atoms. The van der Waals surface area contributed by atoms with Gasteiger partial charge in [-0.1, -0.05) is 0 Å². The van der Waals surface area contributed by atoms with Gasteiger partial charge in [0.15, 0.2) is 0 Å². The van der Waals surface area contributed by atoms with E-state index in [1.807, 2.05) is 0 Å². The Hall–Kier alpha value is -1.56. The molecule has 1 rings (SSSR count). The average molecular weight is 301 g/mol. The van der Waals surface area contributed by atoms with E-state index in [1.165, 1.54) is 6.07 Å². The molecule has 0 aliphatic heterocycles. The van der Waals surface area contributed by atoms with E-state index in [-0.39, 0.29) is 12.3 Å². The van der Waals surface area contributed by atoms with Crippen LogP contribution in [0.3, 0.4) is 0 Å². The molecule has 0 bridgehead atoms. The van der Waals surface area contributed by atoms with Crippen molar-refractivity contribution in [2.45, 2.75) is 19.4 Å². The number of anilines is 1. The van der Waals surface area contributed by atoms with E-state index in [4.69, 9.17) is 10.8 Å². The Morgan fingerprint density at radius 2 is 2.18 bits per heavy atom. The van der Waals surface area contributed by atoms with Gasteiger partial charge in [-0.15, -0.1) is 0 Å². The quantitative estimate of drug-likeness (QED) is 0.737. The van der Waals surface area contributed by atoms with Crippen molar-refractivity contribution in [3.63, 3.8) is 0 Å². The largest absolute Gasteiger partial charge is 0.481 e. The second-order valence-corrected chi connectivity index (χ2v) is 4.57. The lowest BCUT2D eigenvalue weighted by molar-refractivity contribution is -0.137. The second-order valence-electron chi connectivity index (χ2n) is 3.71. The van der Waals surface area contributed by atoms with Crippen molar-refractivity contribution < 1.29 is 14.7 Å². The minimum absolute atomic E-state index is 0.119. The highest BCUT2D eigenvalue weighted by Gasteiger charge is 2.14. The summed E-state index contributed by atoms with van der Waals surface area (Å²) in [5.74, 6) is -1.30. The lowest BCUT2D eigenvalue weighted by Crippen LogP contribution is -2.34. The topological polar surface area (TPSA) is 92.4 Å². The zero-order chi connectivity index (χ0) is 13.0. The fourth-order valence-electron chi connectivity index (χ4n) is 1.33. The molecule has 0 spiro atoms. The highest BCUT2D eigenvalue weighted by Crippen LogP contribution is 2.19. The number of carbonyl (C=O) groups excluding carboxylic acids is 1. The molecule has 0 aliphatic carbocycles. The Morgan fingerprint density at radius 1 is 1.53 bits per heavy atom. The van der Waals surface area contributed by atoms with E-state index < -0.39 is 12.0 Å². The SMILES string of the molecule is CC(CC(=O)O)NC(=O)c1cc(N)ccc1Br. The highest BCUT2D eigenvalue weighted by atomic mass is 79.9. The molecule has 0 aromatic heterocycles. The van der Waals surface area contributed by atoms with Gasteiger partial charge in [-0.25, -0.2) is 0 Å². The van der Waals surface area contributed by atoms with Gasteiger partial charge in [-0.2, -0.15) is 0 Å². The predicted molar refractivity (Wildman–Crippen MR) is 67.7 cm³/mol. The summed E-state index contributed by atoms with van der Waals surface area (Å²) in [6.07, 6.45) is -0.119. The standard InChI is InChI=1S/C11H13BrN2O3/c1-6(4-10(15)16)14-11(17)8-5-7(13)2-3-9(8)12/h2-3,5-6H,4,13H2,1H3,(H,14,17)(H,15,16). The van der Waals surface area contributed by atoms with Crippen LogP contribution >= 0.6 is 15.9 Å². The maximum atomic E-state index is 11.8. The minimum atomic E-state index is -0.954. The molecule has 1 amide bonds. The smallest absolute Gasteiger partial charge is 0.305 e. The minimum Gasteiger partial charge on any atom is -0.481 e. The number of aliphatic carboxylic acids is 1. The van der Waals surface area contributed by atoms with Gasteiger partial charge >= 0.3 is 5.97 Å². The summed E-state index contributed by atoms with van der Waals surface area (Å²) >= 11 is 3.24. The Labute approximate surface area is 107 Å². The van der Waals surface area contributed by atoms with Gasteiger partial charge in [-0.05, 0) is 41.1 Å². The second kappa shape index (κ2) is 5.67. The first-order valence-corrected chi connectivity index (χ1v) is 5.77. The number of benzene rings is 1. The molecular formula is C11H13BrN2O3. The lowest BCUT2D eigenvalue weighted by atomic mass is 10.1. The third-order valence-corrected chi connectivity index (χ3v) is 2.78. The molecule has 0 fully saturated rings. The van der Waals surface area contributed by atoms with Gasteiger partial charge in [0.05, 0.1) is 12.0 Å². The maximum absolute atomic E-state index is 11.8. The molecule has 5 nitrogen and oxygen atoms in total. The van der Waals surface area contributed by atoms with E-state index in [1.54, 1.807) is 19.1 Å². The van der Waals surface area contributed by atoms with E-state index in [0.717, 1.165) is 0 Å². The van der Waals surface area contributed by atoms with Crippen LogP contribution in [0, 0.1) is 0 Å². The molecule has 0 aliphatic rings. The molecule has 1 aromatic rings. The van der Waals surface area contributed by atoms with Crippen LogP contribution in [0.4, 0.5) is 5.69 Å². The molecule has 4 N–H and O–H groups in total. The number of nitrogen functional groups attached to an aromatic ring is 1. The van der Waals surface area contributed by atoms with E-state index >= 15 is 0 Å². The highest BCUT2D eigenvalue weighted by molar-refractivity contribution is 9.10. The Morgan fingerprint density at radius 3 is 2.76 bits per heavy atom. The Bertz CT molecular complexity index is 448. The van der Waals surface area contributed by atoms with Crippen LogP contribution in [0.5, 0.6) is 0 Å². The number of carboxylic acid groups (broad SMARTS) is 1. The number of nitrogens with two attached hydrogens (primary N) is 1. The van der Waals surface area contributed by atoms with Crippen LogP contribution in [-0.2, 0) is 4.79 Å². The van der Waals surface area contributed by atoms with E-state index in [0.29, 0.717) is 15.7 Å². The van der Waals surface area contributed by atoms with Gasteiger partial charge < -0.3 is 16.2 Å². The Kier molecular flexibility index (Phi) is 4.51. The number of hydrogen-bond acceptors (Lipinski definition) is 3. The number of halogens is 1. The van der Waals surface area contributed by atoms with Gasteiger partial charge in [0.25, 0.3) is 5.91 Å². The van der Waals surface area contributed by atoms with Gasteiger partial charge in [0.2, 0.25) is 0 Å². The number of carboxylic acids is 1. The first-order valence-electron chi connectivity index (χ1n) is 4.98. The fourth-order valence-corrected chi connectivity index (χ4v) is 1.76. The molecule has 6 heteroatoms. The van der Waals surface area contributed by atoms with Crippen LogP contribution in [-0.4, -0.2) is 23.0 Å². The summed E-state index contributed by atoms with van der Waals surface area (Å²) in [7, 11) is 0. The number of carbonyl (C=O) groups is 2. The van der Waals surface area contributed by atoms with Gasteiger partial charge in [0, 0.05) is 16.2 Å². The summed E-state index contributed by atoms with van der Waals surface area (Å²) < 4.78 is 0.617. The first-order chi connectivity index (χ1) is 7.90. The van der Waals surface area contributed by atoms with E-state index in [9.17, 15) is 9.59 Å². The van der Waals surface area contributed by atoms with Crippen molar-refractivity contribution in [1.82, 2.24) is 5.32 Å². The number of nitrogens with one attached hydrogen (secondary N) is 1. The van der Waals surface area contributed by atoms with Crippen LogP contribution in [0.1, 0.15) is 23.7 Å². The summed E-state index contributed by atoms with van der Waals surface area (Å²) in [6, 6.07) is 4.44. The molecule has 1 atom stereocenters. The first kappa shape index (κ1) is 13.5. The van der Waals surface area contributed by atoms with Crippen molar-refractivity contribution in [3.8, 4) is 0 Å². The molecule has 1 unspecified atom stereocenters. The average Bonchev–Trinajstić information content (AvgIpc) is 2.20. The summed E-state index contributed by atoms with van der Waals surface area (Å²) in [5.41, 5.74) is 6.45. The summed E-state index contributed by atoms with van der Waals surface area (Å²) in [6.45, 7) is 1.63. The molecule has 0 saturated carbocycles. The van der Waals surface area contributed by atoms with E-state index in [2.05, 4.69) is 21.2 Å². The monoisotopic (exact) mass is 300 g/mol. The molecule has 0 heterocycles. The summed E-state index contributed by atoms with van der Waals surface area (Å²) in [5, 5.41) is 11.2. The number of amides is 1. The molecule has 0 saturated heterocycles. The zero-order valence-corrected chi connectivity index (χ0v) is 10.8. The van der Waals surface area contributed by atoms with Crippen molar-refractivity contribution in [3.05, 3.63) is 28.2 Å². The summed E-state index contributed by atoms with van der Waals surface area (Å²) in [4.78, 5) is 22.3. The van der Waals surface area contributed by atoms with Gasteiger partial charge in [0.1, 0.15) is 0 Å². The van der Waals surface area contributed by atoms with Crippen molar-refractivity contribution in [2.75, 3.05) is 5.73 Å². The Balaban J connectivity index is 2.76. The van der Waals surface area contributed by atoms with Crippen molar-refractivity contribution in [1.29, 1.82) is 0 Å². The van der Waals surface area contributed by atoms with Crippen molar-refractivity contribution in [2.24, 2.45) is 0 Å². The molecule has 0 radical (unpaired) electrons. The van der Waals surface area contributed by atoms with Crippen LogP contribution in [0.25, 0.3) is 0 Å². The van der Waals surface area contributed by atoms with Crippen LogP contribution in [0.15, 0.2) is 22.7 Å². The normalized spacial score (nSPS) is 11.9. The van der Waals surface area contributed by atoms with Crippen LogP contribution in [0.2, 0.25) is 0 Å². The number of rotatable bonds is 4. The van der Waals surface area contributed by atoms with Crippen LogP contribution < -0.4 is 11.1 Å². The number of hydrogen-bond donors (Lipinski definition) is 3. The molecule has 92 valence electrons. The predicted octanol–water partition coefficient (Wildman–Crippen LogP) is 1.62. The lowest BCUT2D eigenvalue weighted by Gasteiger charge is -2.12. The van der Waals surface area contributed by atoms with Gasteiger partial charge in [-0.3, -0.25) is 9.59 Å². The molecule has 1 aromatic carbocycles. The van der Waals surface area contributed by atoms with Crippen molar-refractivity contribution >= 4 is 33.5 Å². The third-order valence-electron chi connectivity index (χ3n) is 2.09. The molecular weight excluding hydrogens is 288 g/mol. The zero-order valence-electron chi connectivity index (χ0n) is 9.24. The fraction of sp³-hybridized carbons (Fsp3) is 0.273.